The van der Waals surface area contributed by atoms with Crippen LogP contribution in [0.15, 0.2) is 18.2 Å². The fourth-order valence-corrected chi connectivity index (χ4v) is 1.67. The van der Waals surface area contributed by atoms with E-state index < -0.39 is 4.92 Å². The van der Waals surface area contributed by atoms with E-state index in [4.69, 9.17) is 5.73 Å². The first-order valence-corrected chi connectivity index (χ1v) is 4.94. The number of nitro benzene ring substituents is 1. The highest BCUT2D eigenvalue weighted by Crippen LogP contribution is 2.29. The monoisotopic (exact) mass is 233 g/mol. The maximum atomic E-state index is 11.0. The summed E-state index contributed by atoms with van der Waals surface area (Å²) in [5.74, 6) is 1.13. The summed E-state index contributed by atoms with van der Waals surface area (Å²) in [5, 5.41) is 15.1. The second-order valence-corrected chi connectivity index (χ2v) is 3.59. The van der Waals surface area contributed by atoms with Crippen LogP contribution in [-0.4, -0.2) is 19.7 Å². The van der Waals surface area contributed by atoms with E-state index in [1.54, 1.807) is 26.0 Å². The zero-order valence-electron chi connectivity index (χ0n) is 9.41. The number of nitrogens with two attached hydrogens (primary N) is 1. The molecule has 7 heteroatoms. The molecule has 1 aromatic carbocycles. The van der Waals surface area contributed by atoms with Crippen LogP contribution in [0.5, 0.6) is 0 Å². The summed E-state index contributed by atoms with van der Waals surface area (Å²) in [6.07, 6.45) is 0. The average molecular weight is 233 g/mol. The van der Waals surface area contributed by atoms with E-state index in [1.165, 1.54) is 10.7 Å². The predicted octanol–water partition coefficient (Wildman–Crippen LogP) is 1.37. The van der Waals surface area contributed by atoms with Gasteiger partial charge in [-0.3, -0.25) is 10.1 Å². The SMILES string of the molecule is Cc1nc(C)n(-c2cccc(N)c2[N+](=O)[O-])n1. The second-order valence-electron chi connectivity index (χ2n) is 3.59. The summed E-state index contributed by atoms with van der Waals surface area (Å²) in [7, 11) is 0. The summed E-state index contributed by atoms with van der Waals surface area (Å²) < 4.78 is 1.42. The predicted molar refractivity (Wildman–Crippen MR) is 61.9 cm³/mol. The molecule has 2 N–H and O–H groups in total. The second kappa shape index (κ2) is 3.85. The highest BCUT2D eigenvalue weighted by Gasteiger charge is 2.21. The number of anilines is 1. The van der Waals surface area contributed by atoms with Gasteiger partial charge in [0.15, 0.2) is 0 Å². The molecule has 1 aromatic heterocycles. The number of hydrogen-bond donors (Lipinski definition) is 1. The molecule has 1 heterocycles. The summed E-state index contributed by atoms with van der Waals surface area (Å²) >= 11 is 0. The van der Waals surface area contributed by atoms with Crippen LogP contribution in [0.25, 0.3) is 5.69 Å². The number of benzene rings is 1. The largest absolute Gasteiger partial charge is 0.393 e. The van der Waals surface area contributed by atoms with Crippen molar-refractivity contribution in [1.29, 1.82) is 0 Å². The van der Waals surface area contributed by atoms with Gasteiger partial charge >= 0.3 is 5.69 Å². The Morgan fingerprint density at radius 3 is 2.65 bits per heavy atom. The Morgan fingerprint density at radius 2 is 2.12 bits per heavy atom. The van der Waals surface area contributed by atoms with Crippen LogP contribution in [0.3, 0.4) is 0 Å². The summed E-state index contributed by atoms with van der Waals surface area (Å²) in [5.41, 5.74) is 5.90. The molecule has 0 saturated carbocycles. The number of nitrogens with zero attached hydrogens (tertiary/aromatic N) is 4. The Balaban J connectivity index is 2.71. The number of aryl methyl sites for hydroxylation is 2. The van der Waals surface area contributed by atoms with Crippen molar-refractivity contribution in [3.05, 3.63) is 40.0 Å². The molecule has 2 rings (SSSR count). The molecule has 0 bridgehead atoms. The van der Waals surface area contributed by atoms with Crippen LogP contribution in [-0.2, 0) is 0 Å². The summed E-state index contributed by atoms with van der Waals surface area (Å²) in [4.78, 5) is 14.6. The third-order valence-electron chi connectivity index (χ3n) is 2.33. The molecule has 2 aromatic rings. The van der Waals surface area contributed by atoms with Crippen molar-refractivity contribution in [2.45, 2.75) is 13.8 Å². The first-order chi connectivity index (χ1) is 8.00. The van der Waals surface area contributed by atoms with E-state index in [-0.39, 0.29) is 11.4 Å². The van der Waals surface area contributed by atoms with Crippen LogP contribution >= 0.6 is 0 Å². The molecular weight excluding hydrogens is 222 g/mol. The van der Waals surface area contributed by atoms with Crippen LogP contribution in [0, 0.1) is 24.0 Å². The number of rotatable bonds is 2. The van der Waals surface area contributed by atoms with E-state index >= 15 is 0 Å². The van der Waals surface area contributed by atoms with Crippen molar-refractivity contribution < 1.29 is 4.92 Å². The van der Waals surface area contributed by atoms with Crippen molar-refractivity contribution in [3.63, 3.8) is 0 Å². The van der Waals surface area contributed by atoms with Gasteiger partial charge in [0.25, 0.3) is 0 Å². The summed E-state index contributed by atoms with van der Waals surface area (Å²) in [6.45, 7) is 3.45. The number of hydrogen-bond acceptors (Lipinski definition) is 5. The Kier molecular flexibility index (Phi) is 2.51. The number of para-hydroxylation sites is 1. The quantitative estimate of drug-likeness (QED) is 0.479. The third kappa shape index (κ3) is 1.82. The van der Waals surface area contributed by atoms with E-state index in [1.807, 2.05) is 0 Å². The summed E-state index contributed by atoms with van der Waals surface area (Å²) in [6, 6.07) is 4.73. The lowest BCUT2D eigenvalue weighted by molar-refractivity contribution is -0.383. The first kappa shape index (κ1) is 11.1. The van der Waals surface area contributed by atoms with Gasteiger partial charge in [-0.05, 0) is 26.0 Å². The molecule has 17 heavy (non-hydrogen) atoms. The van der Waals surface area contributed by atoms with E-state index in [0.29, 0.717) is 17.3 Å². The molecule has 0 spiro atoms. The number of nitrogen functional groups attached to an aromatic ring is 1. The highest BCUT2D eigenvalue weighted by atomic mass is 16.6. The van der Waals surface area contributed by atoms with Gasteiger partial charge < -0.3 is 5.73 Å². The topological polar surface area (TPSA) is 99.9 Å². The third-order valence-corrected chi connectivity index (χ3v) is 2.33. The Morgan fingerprint density at radius 1 is 1.41 bits per heavy atom. The van der Waals surface area contributed by atoms with Gasteiger partial charge in [-0.25, -0.2) is 9.67 Å². The molecular formula is C10H11N5O2. The van der Waals surface area contributed by atoms with Gasteiger partial charge in [0, 0.05) is 0 Å². The molecule has 88 valence electrons. The van der Waals surface area contributed by atoms with Crippen LogP contribution in [0.2, 0.25) is 0 Å². The molecule has 0 aliphatic carbocycles. The molecule has 0 unspecified atom stereocenters. The zero-order valence-corrected chi connectivity index (χ0v) is 9.41. The van der Waals surface area contributed by atoms with Crippen LogP contribution in [0.4, 0.5) is 11.4 Å². The van der Waals surface area contributed by atoms with Gasteiger partial charge in [0.2, 0.25) is 0 Å². The molecule has 0 saturated heterocycles. The molecule has 0 aliphatic rings. The lowest BCUT2D eigenvalue weighted by Crippen LogP contribution is -2.06. The highest BCUT2D eigenvalue weighted by molar-refractivity contribution is 5.68. The lowest BCUT2D eigenvalue weighted by Gasteiger charge is -2.05. The van der Waals surface area contributed by atoms with Crippen LogP contribution in [0.1, 0.15) is 11.6 Å². The van der Waals surface area contributed by atoms with Crippen molar-refractivity contribution in [1.82, 2.24) is 14.8 Å². The molecule has 0 radical (unpaired) electrons. The van der Waals surface area contributed by atoms with Crippen molar-refractivity contribution in [2.75, 3.05) is 5.73 Å². The normalized spacial score (nSPS) is 10.5. The van der Waals surface area contributed by atoms with E-state index in [9.17, 15) is 10.1 Å². The number of nitro groups is 1. The van der Waals surface area contributed by atoms with Gasteiger partial charge in [-0.2, -0.15) is 5.10 Å². The van der Waals surface area contributed by atoms with Crippen molar-refractivity contribution in [2.24, 2.45) is 0 Å². The smallest absolute Gasteiger partial charge is 0.317 e. The fraction of sp³-hybridized carbons (Fsp3) is 0.200. The minimum absolute atomic E-state index is 0.111. The van der Waals surface area contributed by atoms with E-state index in [0.717, 1.165) is 0 Å². The minimum Gasteiger partial charge on any atom is -0.393 e. The molecule has 7 nitrogen and oxygen atoms in total. The van der Waals surface area contributed by atoms with Gasteiger partial charge in [0.05, 0.1) is 4.92 Å². The van der Waals surface area contributed by atoms with Crippen LogP contribution < -0.4 is 5.73 Å². The molecule has 0 amide bonds. The zero-order chi connectivity index (χ0) is 12.6. The molecule has 0 atom stereocenters. The standard InChI is InChI=1S/C10H11N5O2/c1-6-12-7(2)14(13-6)9-5-3-4-8(11)10(9)15(16)17/h3-5H,11H2,1-2H3. The minimum atomic E-state index is -0.513. The Labute approximate surface area is 97.0 Å². The van der Waals surface area contributed by atoms with Crippen molar-refractivity contribution >= 4 is 11.4 Å². The van der Waals surface area contributed by atoms with Gasteiger partial charge in [-0.15, -0.1) is 0 Å². The number of aromatic nitrogens is 3. The van der Waals surface area contributed by atoms with Crippen molar-refractivity contribution in [3.8, 4) is 5.69 Å². The first-order valence-electron chi connectivity index (χ1n) is 4.94. The average Bonchev–Trinajstić information content (AvgIpc) is 2.56. The molecule has 0 fully saturated rings. The maximum absolute atomic E-state index is 11.0. The lowest BCUT2D eigenvalue weighted by atomic mass is 10.2. The van der Waals surface area contributed by atoms with Gasteiger partial charge in [-0.1, -0.05) is 6.07 Å². The Bertz CT molecular complexity index is 590. The van der Waals surface area contributed by atoms with E-state index in [2.05, 4.69) is 10.1 Å². The Hall–Kier alpha value is -2.44. The van der Waals surface area contributed by atoms with Gasteiger partial charge in [0.1, 0.15) is 23.0 Å². The fourth-order valence-electron chi connectivity index (χ4n) is 1.67. The maximum Gasteiger partial charge on any atom is 0.317 e. The molecule has 0 aliphatic heterocycles.